The third-order valence-corrected chi connectivity index (χ3v) is 4.64. The maximum atomic E-state index is 12.4. The summed E-state index contributed by atoms with van der Waals surface area (Å²) in [6, 6.07) is 3.51. The molecule has 1 aliphatic carbocycles. The Labute approximate surface area is 113 Å². The highest BCUT2D eigenvalue weighted by Gasteiger charge is 2.43. The Kier molecular flexibility index (Phi) is 3.27. The second kappa shape index (κ2) is 4.93. The number of nitrogens with zero attached hydrogens (tertiary/aromatic N) is 2. The predicted octanol–water partition coefficient (Wildman–Crippen LogP) is 1.85. The number of rotatable bonds is 1. The summed E-state index contributed by atoms with van der Waals surface area (Å²) in [4.78, 5) is 18.2. The van der Waals surface area contributed by atoms with Crippen LogP contribution in [0.15, 0.2) is 24.5 Å². The van der Waals surface area contributed by atoms with E-state index >= 15 is 0 Å². The van der Waals surface area contributed by atoms with E-state index in [1.54, 1.807) is 24.5 Å². The van der Waals surface area contributed by atoms with Crippen molar-refractivity contribution in [3.8, 4) is 0 Å². The van der Waals surface area contributed by atoms with Crippen LogP contribution in [0.1, 0.15) is 42.5 Å². The molecule has 102 valence electrons. The lowest BCUT2D eigenvalue weighted by molar-refractivity contribution is -0.0886. The first kappa shape index (κ1) is 12.6. The lowest BCUT2D eigenvalue weighted by Gasteiger charge is -2.47. The smallest absolute Gasteiger partial charge is 0.253 e. The molecule has 0 radical (unpaired) electrons. The lowest BCUT2D eigenvalue weighted by Crippen LogP contribution is -2.54. The van der Waals surface area contributed by atoms with E-state index in [1.807, 2.05) is 4.90 Å². The second-order valence-corrected chi connectivity index (χ2v) is 5.78. The average Bonchev–Trinajstić information content (AvgIpc) is 2.46. The fraction of sp³-hybridized carbons (Fsp3) is 0.600. The number of hydrogen-bond donors (Lipinski definition) is 1. The summed E-state index contributed by atoms with van der Waals surface area (Å²) < 4.78 is 0. The normalized spacial score (nSPS) is 30.8. The van der Waals surface area contributed by atoms with Gasteiger partial charge in [0.25, 0.3) is 5.91 Å². The number of fused-ring (bicyclic) bond motifs is 1. The van der Waals surface area contributed by atoms with E-state index in [0.717, 1.165) is 19.3 Å². The molecule has 0 bridgehead atoms. The Morgan fingerprint density at radius 3 is 2.89 bits per heavy atom. The van der Waals surface area contributed by atoms with Crippen molar-refractivity contribution in [3.05, 3.63) is 30.1 Å². The Bertz CT molecular complexity index is 462. The number of carbonyl (C=O) groups is 1. The molecule has 2 heterocycles. The van der Waals surface area contributed by atoms with Gasteiger partial charge >= 0.3 is 0 Å². The Balaban J connectivity index is 1.73. The van der Waals surface area contributed by atoms with Crippen molar-refractivity contribution in [1.29, 1.82) is 0 Å². The van der Waals surface area contributed by atoms with E-state index in [2.05, 4.69) is 4.98 Å². The molecule has 1 N–H and O–H groups in total. The van der Waals surface area contributed by atoms with Gasteiger partial charge in [0.05, 0.1) is 5.60 Å². The third-order valence-electron chi connectivity index (χ3n) is 4.64. The van der Waals surface area contributed by atoms with E-state index in [1.165, 1.54) is 6.42 Å². The molecule has 1 saturated heterocycles. The van der Waals surface area contributed by atoms with Crippen molar-refractivity contribution in [2.24, 2.45) is 5.92 Å². The van der Waals surface area contributed by atoms with E-state index in [4.69, 9.17) is 0 Å². The van der Waals surface area contributed by atoms with Crippen LogP contribution in [0.5, 0.6) is 0 Å². The number of hydrogen-bond acceptors (Lipinski definition) is 3. The summed E-state index contributed by atoms with van der Waals surface area (Å²) in [7, 11) is 0. The predicted molar refractivity (Wildman–Crippen MR) is 71.7 cm³/mol. The SMILES string of the molecule is O=C(c1ccncc1)N1CC[C@]2(O)CCCC[C@@H]2C1. The van der Waals surface area contributed by atoms with Crippen LogP contribution in [-0.4, -0.2) is 39.6 Å². The molecule has 2 fully saturated rings. The second-order valence-electron chi connectivity index (χ2n) is 5.78. The lowest BCUT2D eigenvalue weighted by atomic mass is 9.71. The number of aromatic nitrogens is 1. The largest absolute Gasteiger partial charge is 0.389 e. The number of likely N-dealkylation sites (tertiary alicyclic amines) is 1. The van der Waals surface area contributed by atoms with Crippen LogP contribution in [0.3, 0.4) is 0 Å². The molecular weight excluding hydrogens is 240 g/mol. The molecule has 1 amide bonds. The fourth-order valence-corrected chi connectivity index (χ4v) is 3.43. The molecule has 19 heavy (non-hydrogen) atoms. The molecular formula is C15H20N2O2. The zero-order valence-corrected chi connectivity index (χ0v) is 11.1. The van der Waals surface area contributed by atoms with Gasteiger partial charge in [-0.05, 0) is 31.4 Å². The summed E-state index contributed by atoms with van der Waals surface area (Å²) in [6.45, 7) is 1.35. The van der Waals surface area contributed by atoms with Crippen molar-refractivity contribution in [1.82, 2.24) is 9.88 Å². The standard InChI is InChI=1S/C15H20N2O2/c18-14(12-4-8-16-9-5-12)17-10-7-15(19)6-2-1-3-13(15)11-17/h4-5,8-9,13,19H,1-3,6-7,10-11H2/t13-,15-/m1/s1. The van der Waals surface area contributed by atoms with Crippen LogP contribution in [0, 0.1) is 5.92 Å². The molecule has 0 spiro atoms. The van der Waals surface area contributed by atoms with Gasteiger partial charge in [-0.3, -0.25) is 9.78 Å². The number of piperidine rings is 1. The van der Waals surface area contributed by atoms with Gasteiger partial charge in [-0.2, -0.15) is 0 Å². The van der Waals surface area contributed by atoms with Crippen molar-refractivity contribution < 1.29 is 9.90 Å². The van der Waals surface area contributed by atoms with Crippen molar-refractivity contribution >= 4 is 5.91 Å². The van der Waals surface area contributed by atoms with Crippen molar-refractivity contribution in [2.45, 2.75) is 37.7 Å². The van der Waals surface area contributed by atoms with Gasteiger partial charge in [0.2, 0.25) is 0 Å². The highest BCUT2D eigenvalue weighted by atomic mass is 16.3. The highest BCUT2D eigenvalue weighted by molar-refractivity contribution is 5.94. The van der Waals surface area contributed by atoms with Gasteiger partial charge in [-0.1, -0.05) is 12.8 Å². The summed E-state index contributed by atoms with van der Waals surface area (Å²) in [5.41, 5.74) is 0.170. The summed E-state index contributed by atoms with van der Waals surface area (Å²) in [5, 5.41) is 10.6. The molecule has 1 saturated carbocycles. The monoisotopic (exact) mass is 260 g/mol. The van der Waals surface area contributed by atoms with Crippen LogP contribution >= 0.6 is 0 Å². The number of aliphatic hydroxyl groups is 1. The molecule has 0 unspecified atom stereocenters. The Morgan fingerprint density at radius 1 is 1.32 bits per heavy atom. The molecule has 1 aromatic heterocycles. The summed E-state index contributed by atoms with van der Waals surface area (Å²) in [5.74, 6) is 0.316. The van der Waals surface area contributed by atoms with Gasteiger partial charge < -0.3 is 10.0 Å². The van der Waals surface area contributed by atoms with Crippen LogP contribution < -0.4 is 0 Å². The molecule has 1 aliphatic heterocycles. The quantitative estimate of drug-likeness (QED) is 0.838. The number of amides is 1. The third kappa shape index (κ3) is 2.37. The van der Waals surface area contributed by atoms with Gasteiger partial charge in [-0.15, -0.1) is 0 Å². The molecule has 1 aromatic rings. The van der Waals surface area contributed by atoms with Crippen molar-refractivity contribution in [2.75, 3.05) is 13.1 Å². The molecule has 2 atom stereocenters. The molecule has 4 heteroatoms. The first-order valence-electron chi connectivity index (χ1n) is 7.11. The zero-order valence-electron chi connectivity index (χ0n) is 11.1. The van der Waals surface area contributed by atoms with Crippen LogP contribution in [0.25, 0.3) is 0 Å². The minimum atomic E-state index is -0.521. The highest BCUT2D eigenvalue weighted by Crippen LogP contribution is 2.39. The summed E-state index contributed by atoms with van der Waals surface area (Å²) >= 11 is 0. The van der Waals surface area contributed by atoms with E-state index in [0.29, 0.717) is 25.1 Å². The first-order valence-corrected chi connectivity index (χ1v) is 7.11. The Hall–Kier alpha value is -1.42. The van der Waals surface area contributed by atoms with Crippen LogP contribution in [-0.2, 0) is 0 Å². The van der Waals surface area contributed by atoms with Crippen LogP contribution in [0.2, 0.25) is 0 Å². The van der Waals surface area contributed by atoms with Crippen LogP contribution in [0.4, 0.5) is 0 Å². The topological polar surface area (TPSA) is 53.4 Å². The van der Waals surface area contributed by atoms with Gasteiger partial charge in [0.15, 0.2) is 0 Å². The Morgan fingerprint density at radius 2 is 2.11 bits per heavy atom. The molecule has 3 rings (SSSR count). The minimum Gasteiger partial charge on any atom is -0.389 e. The maximum absolute atomic E-state index is 12.4. The fourth-order valence-electron chi connectivity index (χ4n) is 3.43. The minimum absolute atomic E-state index is 0.0648. The van der Waals surface area contributed by atoms with Gasteiger partial charge in [0.1, 0.15) is 0 Å². The van der Waals surface area contributed by atoms with E-state index in [-0.39, 0.29) is 11.8 Å². The van der Waals surface area contributed by atoms with Gasteiger partial charge in [-0.25, -0.2) is 0 Å². The summed E-state index contributed by atoms with van der Waals surface area (Å²) in [6.07, 6.45) is 8.23. The van der Waals surface area contributed by atoms with Crippen molar-refractivity contribution in [3.63, 3.8) is 0 Å². The van der Waals surface area contributed by atoms with E-state index < -0.39 is 5.60 Å². The molecule has 0 aromatic carbocycles. The zero-order chi connectivity index (χ0) is 13.3. The first-order chi connectivity index (χ1) is 9.19. The maximum Gasteiger partial charge on any atom is 0.253 e. The number of pyridine rings is 1. The molecule has 4 nitrogen and oxygen atoms in total. The van der Waals surface area contributed by atoms with E-state index in [9.17, 15) is 9.90 Å². The van der Waals surface area contributed by atoms with Gasteiger partial charge in [0, 0.05) is 37.0 Å². The number of carbonyl (C=O) groups excluding carboxylic acids is 1. The molecule has 2 aliphatic rings. The average molecular weight is 260 g/mol.